The normalized spacial score (nSPS) is 10.4. The second kappa shape index (κ2) is 7.88. The first kappa shape index (κ1) is 17.8. The van der Waals surface area contributed by atoms with Crippen LogP contribution in [0.3, 0.4) is 0 Å². The molecular weight excluding hydrogens is 350 g/mol. The monoisotopic (exact) mass is 367 g/mol. The van der Waals surface area contributed by atoms with Crippen molar-refractivity contribution in [3.05, 3.63) is 64.8 Å². The average molecular weight is 367 g/mol. The van der Waals surface area contributed by atoms with Gasteiger partial charge in [0, 0.05) is 11.3 Å². The van der Waals surface area contributed by atoms with Crippen LogP contribution < -0.4 is 5.32 Å². The molecule has 0 aliphatic heterocycles. The van der Waals surface area contributed by atoms with E-state index in [1.54, 1.807) is 19.1 Å². The van der Waals surface area contributed by atoms with Crippen LogP contribution in [0.1, 0.15) is 32.8 Å². The number of anilines is 1. The standard InChI is InChI=1S/C19H17N3O3S/c1-3-25-18(24)16-15(13-9-5-4-6-10-13)21-19(26-16)22-17(23)14-11-7-8-12(2)20-14/h4-11H,3H2,1-2H3,(H,21,22,23). The lowest BCUT2D eigenvalue weighted by molar-refractivity contribution is 0.0532. The molecule has 132 valence electrons. The lowest BCUT2D eigenvalue weighted by Crippen LogP contribution is -2.13. The van der Waals surface area contributed by atoms with E-state index in [1.807, 2.05) is 43.3 Å². The minimum atomic E-state index is -0.460. The molecular formula is C19H17N3O3S. The minimum Gasteiger partial charge on any atom is -0.462 e. The van der Waals surface area contributed by atoms with Crippen molar-refractivity contribution in [2.45, 2.75) is 13.8 Å². The number of thiazole rings is 1. The van der Waals surface area contributed by atoms with Crippen molar-refractivity contribution in [1.29, 1.82) is 0 Å². The Balaban J connectivity index is 1.93. The zero-order valence-electron chi connectivity index (χ0n) is 14.4. The van der Waals surface area contributed by atoms with Gasteiger partial charge in [-0.1, -0.05) is 47.7 Å². The van der Waals surface area contributed by atoms with E-state index in [0.29, 0.717) is 21.4 Å². The van der Waals surface area contributed by atoms with Crippen molar-refractivity contribution in [3.63, 3.8) is 0 Å². The van der Waals surface area contributed by atoms with E-state index in [9.17, 15) is 9.59 Å². The van der Waals surface area contributed by atoms with Gasteiger partial charge in [-0.25, -0.2) is 14.8 Å². The summed E-state index contributed by atoms with van der Waals surface area (Å²) in [6, 6.07) is 14.5. The highest BCUT2D eigenvalue weighted by atomic mass is 32.1. The largest absolute Gasteiger partial charge is 0.462 e. The van der Waals surface area contributed by atoms with E-state index in [0.717, 1.165) is 22.6 Å². The quantitative estimate of drug-likeness (QED) is 0.691. The number of ether oxygens (including phenoxy) is 1. The molecule has 0 saturated heterocycles. The summed E-state index contributed by atoms with van der Waals surface area (Å²) in [5.41, 5.74) is 2.30. The van der Waals surface area contributed by atoms with Gasteiger partial charge >= 0.3 is 5.97 Å². The van der Waals surface area contributed by atoms with Crippen LogP contribution in [-0.4, -0.2) is 28.5 Å². The average Bonchev–Trinajstić information content (AvgIpc) is 3.06. The van der Waals surface area contributed by atoms with E-state index in [1.165, 1.54) is 0 Å². The number of benzene rings is 1. The van der Waals surface area contributed by atoms with Gasteiger partial charge < -0.3 is 4.74 Å². The van der Waals surface area contributed by atoms with Crippen LogP contribution >= 0.6 is 11.3 Å². The third kappa shape index (κ3) is 3.94. The fraction of sp³-hybridized carbons (Fsp3) is 0.158. The first-order valence-electron chi connectivity index (χ1n) is 8.07. The number of carbonyl (C=O) groups is 2. The van der Waals surface area contributed by atoms with Crippen molar-refractivity contribution in [2.75, 3.05) is 11.9 Å². The molecule has 6 nitrogen and oxygen atoms in total. The van der Waals surface area contributed by atoms with E-state index in [-0.39, 0.29) is 12.5 Å². The lowest BCUT2D eigenvalue weighted by Gasteiger charge is -2.01. The Morgan fingerprint density at radius 2 is 1.85 bits per heavy atom. The number of amides is 1. The maximum Gasteiger partial charge on any atom is 0.350 e. The summed E-state index contributed by atoms with van der Waals surface area (Å²) in [4.78, 5) is 33.6. The molecule has 1 N–H and O–H groups in total. The molecule has 2 aromatic heterocycles. The van der Waals surface area contributed by atoms with Gasteiger partial charge in [-0.15, -0.1) is 0 Å². The Kier molecular flexibility index (Phi) is 5.38. The molecule has 3 aromatic rings. The summed E-state index contributed by atoms with van der Waals surface area (Å²) >= 11 is 1.08. The Morgan fingerprint density at radius 3 is 2.54 bits per heavy atom. The first-order valence-corrected chi connectivity index (χ1v) is 8.88. The molecule has 26 heavy (non-hydrogen) atoms. The van der Waals surface area contributed by atoms with Gasteiger partial charge in [0.1, 0.15) is 10.6 Å². The van der Waals surface area contributed by atoms with Gasteiger partial charge in [0.15, 0.2) is 5.13 Å². The van der Waals surface area contributed by atoms with Crippen LogP contribution in [0.4, 0.5) is 5.13 Å². The number of nitrogens with zero attached hydrogens (tertiary/aromatic N) is 2. The Hall–Kier alpha value is -3.06. The smallest absolute Gasteiger partial charge is 0.350 e. The number of hydrogen-bond acceptors (Lipinski definition) is 6. The number of aryl methyl sites for hydroxylation is 1. The second-order valence-corrected chi connectivity index (χ2v) is 6.40. The molecule has 0 spiro atoms. The SMILES string of the molecule is CCOC(=O)c1sc(NC(=O)c2cccc(C)n2)nc1-c1ccccc1. The third-order valence-corrected chi connectivity index (χ3v) is 4.43. The summed E-state index contributed by atoms with van der Waals surface area (Å²) in [6.07, 6.45) is 0. The highest BCUT2D eigenvalue weighted by molar-refractivity contribution is 7.18. The molecule has 0 unspecified atom stereocenters. The summed E-state index contributed by atoms with van der Waals surface area (Å²) in [5.74, 6) is -0.837. The van der Waals surface area contributed by atoms with Crippen molar-refractivity contribution in [3.8, 4) is 11.3 Å². The third-order valence-electron chi connectivity index (χ3n) is 3.48. The van der Waals surface area contributed by atoms with Gasteiger partial charge in [-0.3, -0.25) is 10.1 Å². The molecule has 0 fully saturated rings. The highest BCUT2D eigenvalue weighted by Gasteiger charge is 2.22. The van der Waals surface area contributed by atoms with Crippen molar-refractivity contribution in [1.82, 2.24) is 9.97 Å². The number of aromatic nitrogens is 2. The number of carbonyl (C=O) groups excluding carboxylic acids is 2. The van der Waals surface area contributed by atoms with Gasteiger partial charge in [-0.2, -0.15) is 0 Å². The highest BCUT2D eigenvalue weighted by Crippen LogP contribution is 2.32. The van der Waals surface area contributed by atoms with Crippen LogP contribution in [0.15, 0.2) is 48.5 Å². The molecule has 0 aliphatic rings. The number of hydrogen-bond donors (Lipinski definition) is 1. The maximum absolute atomic E-state index is 12.4. The van der Waals surface area contributed by atoms with Crippen LogP contribution in [-0.2, 0) is 4.74 Å². The van der Waals surface area contributed by atoms with Gasteiger partial charge in [0.05, 0.1) is 12.3 Å². The molecule has 0 aliphatic carbocycles. The van der Waals surface area contributed by atoms with Crippen LogP contribution in [0, 0.1) is 6.92 Å². The summed E-state index contributed by atoms with van der Waals surface area (Å²) in [7, 11) is 0. The van der Waals surface area contributed by atoms with Crippen molar-refractivity contribution < 1.29 is 14.3 Å². The fourth-order valence-electron chi connectivity index (χ4n) is 2.33. The number of nitrogens with one attached hydrogen (secondary N) is 1. The molecule has 0 bridgehead atoms. The zero-order valence-corrected chi connectivity index (χ0v) is 15.2. The predicted molar refractivity (Wildman–Crippen MR) is 100 cm³/mol. The minimum absolute atomic E-state index is 0.264. The molecule has 0 radical (unpaired) electrons. The van der Waals surface area contributed by atoms with Crippen molar-refractivity contribution in [2.24, 2.45) is 0 Å². The number of pyridine rings is 1. The molecule has 2 heterocycles. The molecule has 0 atom stereocenters. The Morgan fingerprint density at radius 1 is 1.08 bits per heavy atom. The topological polar surface area (TPSA) is 81.2 Å². The predicted octanol–water partition coefficient (Wildman–Crippen LogP) is 3.94. The maximum atomic E-state index is 12.4. The van der Waals surface area contributed by atoms with Crippen molar-refractivity contribution >= 4 is 28.3 Å². The molecule has 1 amide bonds. The van der Waals surface area contributed by atoms with E-state index in [2.05, 4.69) is 15.3 Å². The summed E-state index contributed by atoms with van der Waals surface area (Å²) in [6.45, 7) is 3.82. The van der Waals surface area contributed by atoms with Gasteiger partial charge in [-0.05, 0) is 26.0 Å². The lowest BCUT2D eigenvalue weighted by atomic mass is 10.1. The Labute approximate surface area is 154 Å². The van der Waals surface area contributed by atoms with Gasteiger partial charge in [0.25, 0.3) is 5.91 Å². The fourth-order valence-corrected chi connectivity index (χ4v) is 3.21. The molecule has 1 aromatic carbocycles. The van der Waals surface area contributed by atoms with E-state index >= 15 is 0 Å². The summed E-state index contributed by atoms with van der Waals surface area (Å²) in [5, 5.41) is 3.03. The second-order valence-electron chi connectivity index (χ2n) is 5.40. The number of esters is 1. The summed E-state index contributed by atoms with van der Waals surface area (Å²) < 4.78 is 5.12. The zero-order chi connectivity index (χ0) is 18.5. The van der Waals surface area contributed by atoms with Crippen LogP contribution in [0.5, 0.6) is 0 Å². The van der Waals surface area contributed by atoms with E-state index < -0.39 is 5.97 Å². The molecule has 0 saturated carbocycles. The molecule has 3 rings (SSSR count). The first-order chi connectivity index (χ1) is 12.6. The van der Waals surface area contributed by atoms with Gasteiger partial charge in [0.2, 0.25) is 0 Å². The van der Waals surface area contributed by atoms with Crippen LogP contribution in [0.2, 0.25) is 0 Å². The molecule has 7 heteroatoms. The Bertz CT molecular complexity index is 938. The van der Waals surface area contributed by atoms with Crippen LogP contribution in [0.25, 0.3) is 11.3 Å². The number of rotatable bonds is 5. The van der Waals surface area contributed by atoms with E-state index in [4.69, 9.17) is 4.74 Å².